The lowest BCUT2D eigenvalue weighted by molar-refractivity contribution is 0.0996. The maximum Gasteiger partial charge on any atom is 0.265 e. The molecule has 2 aromatic heterocycles. The number of amides is 1. The van der Waals surface area contributed by atoms with Crippen molar-refractivity contribution in [2.45, 2.75) is 0 Å². The van der Waals surface area contributed by atoms with Crippen LogP contribution in [0.3, 0.4) is 0 Å². The maximum atomic E-state index is 11.3. The summed E-state index contributed by atoms with van der Waals surface area (Å²) in [6, 6.07) is 11.3. The second-order valence-electron chi connectivity index (χ2n) is 5.42. The summed E-state index contributed by atoms with van der Waals surface area (Å²) in [4.78, 5) is 18.9. The number of fused-ring (bicyclic) bond motifs is 2. The standard InChI is InChI=1S/C17H13BrN4O2S/c1-24-13-5-3-10(18)15-14(13)22-17(25-15)20-9-2-4-11-8(6-9)7-12(21-11)16(19)23/h2-7,21H,1H3,(H2,19,23)(H,20,22). The quantitative estimate of drug-likeness (QED) is 0.459. The number of methoxy groups -OCH3 is 1. The Kier molecular flexibility index (Phi) is 3.85. The van der Waals surface area contributed by atoms with Crippen LogP contribution in [0.1, 0.15) is 10.5 Å². The zero-order chi connectivity index (χ0) is 17.6. The number of aromatic amines is 1. The van der Waals surface area contributed by atoms with Gasteiger partial charge in [0.2, 0.25) is 0 Å². The van der Waals surface area contributed by atoms with Gasteiger partial charge in [0, 0.05) is 21.1 Å². The van der Waals surface area contributed by atoms with Gasteiger partial charge in [-0.05, 0) is 52.3 Å². The van der Waals surface area contributed by atoms with Crippen molar-refractivity contribution in [2.75, 3.05) is 12.4 Å². The van der Waals surface area contributed by atoms with Crippen LogP contribution >= 0.6 is 27.3 Å². The smallest absolute Gasteiger partial charge is 0.265 e. The number of halogens is 1. The number of primary amides is 1. The number of nitrogens with zero attached hydrogens (tertiary/aromatic N) is 1. The first-order valence-corrected chi connectivity index (χ1v) is 8.99. The van der Waals surface area contributed by atoms with Crippen molar-refractivity contribution < 1.29 is 9.53 Å². The Labute approximate surface area is 155 Å². The zero-order valence-corrected chi connectivity index (χ0v) is 15.5. The van der Waals surface area contributed by atoms with E-state index in [2.05, 4.69) is 31.2 Å². The molecule has 0 saturated carbocycles. The number of H-pyrrole nitrogens is 1. The van der Waals surface area contributed by atoms with Gasteiger partial charge >= 0.3 is 0 Å². The highest BCUT2D eigenvalue weighted by atomic mass is 79.9. The monoisotopic (exact) mass is 416 g/mol. The molecule has 4 N–H and O–H groups in total. The van der Waals surface area contributed by atoms with E-state index in [9.17, 15) is 4.79 Å². The predicted molar refractivity (Wildman–Crippen MR) is 104 cm³/mol. The Hall–Kier alpha value is -2.58. The third-order valence-electron chi connectivity index (χ3n) is 3.82. The van der Waals surface area contributed by atoms with Crippen LogP contribution in [0, 0.1) is 0 Å². The van der Waals surface area contributed by atoms with Crippen LogP contribution in [0.15, 0.2) is 40.9 Å². The van der Waals surface area contributed by atoms with Crippen molar-refractivity contribution in [3.8, 4) is 5.75 Å². The summed E-state index contributed by atoms with van der Waals surface area (Å²) in [6.45, 7) is 0. The van der Waals surface area contributed by atoms with Crippen LogP contribution in [0.25, 0.3) is 21.1 Å². The van der Waals surface area contributed by atoms with Crippen LogP contribution in [-0.2, 0) is 0 Å². The fourth-order valence-electron chi connectivity index (χ4n) is 2.64. The molecule has 126 valence electrons. The largest absolute Gasteiger partial charge is 0.494 e. The van der Waals surface area contributed by atoms with E-state index in [1.54, 1.807) is 13.2 Å². The number of anilines is 2. The minimum Gasteiger partial charge on any atom is -0.494 e. The molecule has 2 aromatic carbocycles. The minimum absolute atomic E-state index is 0.390. The first kappa shape index (κ1) is 15.9. The second-order valence-corrected chi connectivity index (χ2v) is 7.27. The minimum atomic E-state index is -0.478. The van der Waals surface area contributed by atoms with Gasteiger partial charge in [0.1, 0.15) is 17.0 Å². The van der Waals surface area contributed by atoms with Gasteiger partial charge < -0.3 is 20.8 Å². The van der Waals surface area contributed by atoms with Gasteiger partial charge in [-0.2, -0.15) is 0 Å². The van der Waals surface area contributed by atoms with Crippen LogP contribution in [-0.4, -0.2) is 23.0 Å². The Morgan fingerprint density at radius 2 is 2.16 bits per heavy atom. The van der Waals surface area contributed by atoms with Crippen LogP contribution < -0.4 is 15.8 Å². The van der Waals surface area contributed by atoms with Gasteiger partial charge in [0.25, 0.3) is 5.91 Å². The van der Waals surface area contributed by atoms with Gasteiger partial charge in [-0.1, -0.05) is 11.3 Å². The summed E-state index contributed by atoms with van der Waals surface area (Å²) >= 11 is 5.08. The molecular weight excluding hydrogens is 404 g/mol. The first-order valence-electron chi connectivity index (χ1n) is 7.38. The van der Waals surface area contributed by atoms with E-state index < -0.39 is 5.91 Å². The Balaban J connectivity index is 1.72. The average molecular weight is 417 g/mol. The number of carbonyl (C=O) groups is 1. The molecule has 8 heteroatoms. The lowest BCUT2D eigenvalue weighted by atomic mass is 10.2. The highest BCUT2D eigenvalue weighted by Crippen LogP contribution is 2.38. The molecule has 0 atom stereocenters. The summed E-state index contributed by atoms with van der Waals surface area (Å²) < 4.78 is 7.36. The molecule has 0 aliphatic carbocycles. The number of ether oxygens (including phenoxy) is 1. The Bertz CT molecular complexity index is 1120. The number of rotatable bonds is 4. The summed E-state index contributed by atoms with van der Waals surface area (Å²) in [7, 11) is 1.63. The van der Waals surface area contributed by atoms with Crippen molar-refractivity contribution in [1.29, 1.82) is 0 Å². The molecule has 0 aliphatic heterocycles. The number of aromatic nitrogens is 2. The molecule has 0 unspecified atom stereocenters. The SMILES string of the molecule is COc1ccc(Br)c2sc(Nc3ccc4[nH]c(C(N)=O)cc4c3)nc12. The van der Waals surface area contributed by atoms with Crippen LogP contribution in [0.2, 0.25) is 0 Å². The Morgan fingerprint density at radius 3 is 2.92 bits per heavy atom. The maximum absolute atomic E-state index is 11.3. The van der Waals surface area contributed by atoms with E-state index >= 15 is 0 Å². The van der Waals surface area contributed by atoms with Crippen LogP contribution in [0.5, 0.6) is 5.75 Å². The number of hydrogen-bond donors (Lipinski definition) is 3. The molecule has 0 bridgehead atoms. The molecular formula is C17H13BrN4O2S. The summed E-state index contributed by atoms with van der Waals surface area (Å²) in [5, 5.41) is 4.96. The van der Waals surface area contributed by atoms with E-state index in [-0.39, 0.29) is 0 Å². The van der Waals surface area contributed by atoms with E-state index in [1.165, 1.54) is 11.3 Å². The summed E-state index contributed by atoms with van der Waals surface area (Å²) in [6.07, 6.45) is 0. The highest BCUT2D eigenvalue weighted by Gasteiger charge is 2.12. The van der Waals surface area contributed by atoms with Crippen LogP contribution in [0.4, 0.5) is 10.8 Å². The van der Waals surface area contributed by atoms with E-state index in [4.69, 9.17) is 10.5 Å². The molecule has 1 amide bonds. The number of thiazole rings is 1. The molecule has 0 radical (unpaired) electrons. The molecule has 2 heterocycles. The molecule has 0 spiro atoms. The number of benzene rings is 2. The summed E-state index contributed by atoms with van der Waals surface area (Å²) in [5.74, 6) is 0.253. The van der Waals surface area contributed by atoms with Crippen molar-refractivity contribution >= 4 is 65.1 Å². The van der Waals surface area contributed by atoms with E-state index in [0.29, 0.717) is 5.69 Å². The number of nitrogens with one attached hydrogen (secondary N) is 2. The highest BCUT2D eigenvalue weighted by molar-refractivity contribution is 9.10. The molecule has 25 heavy (non-hydrogen) atoms. The molecule has 4 rings (SSSR count). The molecule has 0 saturated heterocycles. The topological polar surface area (TPSA) is 93.0 Å². The number of carbonyl (C=O) groups excluding carboxylic acids is 1. The average Bonchev–Trinajstić information content (AvgIpc) is 3.19. The van der Waals surface area contributed by atoms with Gasteiger partial charge in [-0.3, -0.25) is 4.79 Å². The number of hydrogen-bond acceptors (Lipinski definition) is 5. The van der Waals surface area contributed by atoms with Gasteiger partial charge in [0.15, 0.2) is 5.13 Å². The van der Waals surface area contributed by atoms with Crippen molar-refractivity contribution in [2.24, 2.45) is 5.73 Å². The molecule has 0 aliphatic rings. The molecule has 0 fully saturated rings. The lowest BCUT2D eigenvalue weighted by Gasteiger charge is -2.02. The predicted octanol–water partition coefficient (Wildman–Crippen LogP) is 4.39. The molecule has 6 nitrogen and oxygen atoms in total. The number of nitrogens with two attached hydrogens (primary N) is 1. The zero-order valence-electron chi connectivity index (χ0n) is 13.1. The van der Waals surface area contributed by atoms with Gasteiger partial charge in [0.05, 0.1) is 11.8 Å². The van der Waals surface area contributed by atoms with Gasteiger partial charge in [-0.25, -0.2) is 4.98 Å². The van der Waals surface area contributed by atoms with Gasteiger partial charge in [-0.15, -0.1) is 0 Å². The second kappa shape index (κ2) is 6.05. The summed E-state index contributed by atoms with van der Waals surface area (Å²) in [5.41, 5.74) is 8.24. The fraction of sp³-hybridized carbons (Fsp3) is 0.0588. The Morgan fingerprint density at radius 1 is 1.32 bits per heavy atom. The van der Waals surface area contributed by atoms with Crippen molar-refractivity contribution in [3.05, 3.63) is 46.6 Å². The lowest BCUT2D eigenvalue weighted by Crippen LogP contribution is -2.10. The fourth-order valence-corrected chi connectivity index (χ4v) is 4.11. The van der Waals surface area contributed by atoms with Crippen molar-refractivity contribution in [3.63, 3.8) is 0 Å². The third kappa shape index (κ3) is 2.83. The van der Waals surface area contributed by atoms with E-state index in [0.717, 1.165) is 42.2 Å². The first-order chi connectivity index (χ1) is 12.0. The van der Waals surface area contributed by atoms with E-state index in [1.807, 2.05) is 30.3 Å². The normalized spacial score (nSPS) is 11.1. The van der Waals surface area contributed by atoms with Crippen molar-refractivity contribution in [1.82, 2.24) is 9.97 Å². The molecule has 4 aromatic rings. The third-order valence-corrected chi connectivity index (χ3v) is 5.74.